The normalized spacial score (nSPS) is 10.2. The third-order valence-corrected chi connectivity index (χ3v) is 3.81. The molecule has 7 heteroatoms. The van der Waals surface area contributed by atoms with Gasteiger partial charge in [0, 0.05) is 22.5 Å². The lowest BCUT2D eigenvalue weighted by atomic mass is 10.1. The summed E-state index contributed by atoms with van der Waals surface area (Å²) in [5.41, 5.74) is -0.267. The molecule has 0 radical (unpaired) electrons. The quantitative estimate of drug-likeness (QED) is 0.680. The number of benzene rings is 1. The Bertz CT molecular complexity index is 629. The highest BCUT2D eigenvalue weighted by Crippen LogP contribution is 2.22. The van der Waals surface area contributed by atoms with E-state index in [0.29, 0.717) is 18.0 Å². The summed E-state index contributed by atoms with van der Waals surface area (Å²) in [5.74, 6) is -0.490. The predicted octanol–water partition coefficient (Wildman–Crippen LogP) is 3.28. The molecule has 20 heavy (non-hydrogen) atoms. The summed E-state index contributed by atoms with van der Waals surface area (Å²) < 4.78 is 0. The maximum Gasteiger partial charge on any atom is 0.282 e. The maximum absolute atomic E-state index is 12.0. The van der Waals surface area contributed by atoms with Crippen molar-refractivity contribution >= 4 is 34.5 Å². The van der Waals surface area contributed by atoms with Crippen LogP contribution in [0.4, 0.5) is 5.69 Å². The molecule has 2 aromatic rings. The van der Waals surface area contributed by atoms with E-state index in [9.17, 15) is 14.9 Å². The fourth-order valence-corrected chi connectivity index (χ4v) is 2.58. The molecule has 0 atom stereocenters. The summed E-state index contributed by atoms with van der Waals surface area (Å²) in [4.78, 5) is 23.4. The van der Waals surface area contributed by atoms with Crippen LogP contribution < -0.4 is 5.32 Å². The summed E-state index contributed by atoms with van der Waals surface area (Å²) in [5, 5.41) is 15.8. The highest BCUT2D eigenvalue weighted by molar-refractivity contribution is 7.09. The van der Waals surface area contributed by atoms with Crippen molar-refractivity contribution in [3.8, 4) is 0 Å². The van der Waals surface area contributed by atoms with Crippen LogP contribution in [0.1, 0.15) is 15.2 Å². The predicted molar refractivity (Wildman–Crippen MR) is 78.5 cm³/mol. The van der Waals surface area contributed by atoms with Gasteiger partial charge >= 0.3 is 0 Å². The Kier molecular flexibility index (Phi) is 4.70. The van der Waals surface area contributed by atoms with E-state index in [2.05, 4.69) is 5.32 Å². The Balaban J connectivity index is 2.05. The molecule has 1 aromatic carbocycles. The minimum atomic E-state index is -0.593. The van der Waals surface area contributed by atoms with E-state index in [0.717, 1.165) is 4.88 Å². The number of nitro groups is 1. The van der Waals surface area contributed by atoms with E-state index < -0.39 is 10.8 Å². The molecule has 0 saturated heterocycles. The fourth-order valence-electron chi connectivity index (χ4n) is 1.70. The topological polar surface area (TPSA) is 72.2 Å². The molecule has 5 nitrogen and oxygen atoms in total. The molecular formula is C13H11ClN2O3S. The van der Waals surface area contributed by atoms with E-state index in [1.54, 1.807) is 11.3 Å². The van der Waals surface area contributed by atoms with Crippen LogP contribution in [0.3, 0.4) is 0 Å². The Labute approximate surface area is 124 Å². The van der Waals surface area contributed by atoms with Crippen molar-refractivity contribution in [2.75, 3.05) is 6.54 Å². The minimum absolute atomic E-state index is 0.0197. The van der Waals surface area contributed by atoms with Crippen LogP contribution in [0.2, 0.25) is 5.02 Å². The number of nitro benzene ring substituents is 1. The van der Waals surface area contributed by atoms with E-state index in [4.69, 9.17) is 11.6 Å². The summed E-state index contributed by atoms with van der Waals surface area (Å²) in [6.07, 6.45) is 0.692. The molecule has 0 bridgehead atoms. The fraction of sp³-hybridized carbons (Fsp3) is 0.154. The van der Waals surface area contributed by atoms with Crippen LogP contribution in [0.25, 0.3) is 0 Å². The number of nitrogens with zero attached hydrogens (tertiary/aromatic N) is 1. The number of thiophene rings is 1. The van der Waals surface area contributed by atoms with Gasteiger partial charge in [-0.3, -0.25) is 14.9 Å². The van der Waals surface area contributed by atoms with Crippen molar-refractivity contribution in [2.24, 2.45) is 0 Å². The Morgan fingerprint density at radius 3 is 2.85 bits per heavy atom. The largest absolute Gasteiger partial charge is 0.351 e. The molecule has 1 amide bonds. The number of carbonyl (C=O) groups excluding carboxylic acids is 1. The van der Waals surface area contributed by atoms with E-state index in [1.807, 2.05) is 17.5 Å². The van der Waals surface area contributed by atoms with Crippen LogP contribution >= 0.6 is 22.9 Å². The molecule has 0 saturated carbocycles. The van der Waals surface area contributed by atoms with E-state index in [-0.39, 0.29) is 11.3 Å². The molecule has 1 aromatic heterocycles. The van der Waals surface area contributed by atoms with Crippen LogP contribution in [-0.2, 0) is 6.42 Å². The number of halogens is 1. The van der Waals surface area contributed by atoms with E-state index in [1.165, 1.54) is 18.2 Å². The Morgan fingerprint density at radius 2 is 2.20 bits per heavy atom. The first-order valence-electron chi connectivity index (χ1n) is 5.82. The van der Waals surface area contributed by atoms with Crippen LogP contribution in [0.15, 0.2) is 35.7 Å². The van der Waals surface area contributed by atoms with Crippen LogP contribution in [0.5, 0.6) is 0 Å². The molecule has 104 valence electrons. The zero-order valence-electron chi connectivity index (χ0n) is 10.3. The number of hydrogen-bond donors (Lipinski definition) is 1. The van der Waals surface area contributed by atoms with Crippen molar-refractivity contribution in [1.29, 1.82) is 0 Å². The van der Waals surface area contributed by atoms with Gasteiger partial charge in [-0.15, -0.1) is 11.3 Å². The number of amides is 1. The standard InChI is InChI=1S/C13H11ClN2O3S/c14-9-3-4-12(16(18)19)11(8-9)13(17)15-6-5-10-2-1-7-20-10/h1-4,7-8H,5-6H2,(H,15,17). The number of carbonyl (C=O) groups is 1. The number of hydrogen-bond acceptors (Lipinski definition) is 4. The molecule has 1 N–H and O–H groups in total. The minimum Gasteiger partial charge on any atom is -0.351 e. The van der Waals surface area contributed by atoms with Crippen LogP contribution in [-0.4, -0.2) is 17.4 Å². The first-order chi connectivity index (χ1) is 9.58. The molecule has 0 aliphatic heterocycles. The van der Waals surface area contributed by atoms with Gasteiger partial charge in [0.05, 0.1) is 4.92 Å². The average molecular weight is 311 g/mol. The van der Waals surface area contributed by atoms with Gasteiger partial charge in [0.2, 0.25) is 0 Å². The highest BCUT2D eigenvalue weighted by atomic mass is 35.5. The molecular weight excluding hydrogens is 300 g/mol. The van der Waals surface area contributed by atoms with Gasteiger partial charge < -0.3 is 5.32 Å². The van der Waals surface area contributed by atoms with Gasteiger partial charge in [-0.25, -0.2) is 0 Å². The van der Waals surface area contributed by atoms with Crippen LogP contribution in [0, 0.1) is 10.1 Å². The SMILES string of the molecule is O=C(NCCc1cccs1)c1cc(Cl)ccc1[N+](=O)[O-]. The zero-order chi connectivity index (χ0) is 14.5. The molecule has 0 aliphatic rings. The van der Waals surface area contributed by atoms with Gasteiger partial charge in [0.25, 0.3) is 11.6 Å². The third kappa shape index (κ3) is 3.55. The summed E-state index contributed by atoms with van der Waals surface area (Å²) in [7, 11) is 0. The van der Waals surface area contributed by atoms with Gasteiger partial charge in [-0.05, 0) is 30.0 Å². The van der Waals surface area contributed by atoms with Gasteiger partial charge in [-0.2, -0.15) is 0 Å². The second-order valence-electron chi connectivity index (χ2n) is 4.00. The van der Waals surface area contributed by atoms with Crippen molar-refractivity contribution in [2.45, 2.75) is 6.42 Å². The second kappa shape index (κ2) is 6.49. The number of rotatable bonds is 5. The smallest absolute Gasteiger partial charge is 0.282 e. The molecule has 2 rings (SSSR count). The maximum atomic E-state index is 12.0. The van der Waals surface area contributed by atoms with Crippen molar-refractivity contribution in [1.82, 2.24) is 5.32 Å². The van der Waals surface area contributed by atoms with E-state index >= 15 is 0 Å². The van der Waals surface area contributed by atoms with Gasteiger partial charge in [-0.1, -0.05) is 17.7 Å². The van der Waals surface area contributed by atoms with Crippen molar-refractivity contribution in [3.63, 3.8) is 0 Å². The molecule has 0 aliphatic carbocycles. The zero-order valence-corrected chi connectivity index (χ0v) is 11.9. The summed E-state index contributed by atoms with van der Waals surface area (Å²) >= 11 is 7.38. The van der Waals surface area contributed by atoms with Gasteiger partial charge in [0.1, 0.15) is 5.56 Å². The molecule has 0 spiro atoms. The summed E-state index contributed by atoms with van der Waals surface area (Å²) in [6.45, 7) is 0.420. The Hall–Kier alpha value is -1.92. The summed E-state index contributed by atoms with van der Waals surface area (Å²) in [6, 6.07) is 7.83. The lowest BCUT2D eigenvalue weighted by molar-refractivity contribution is -0.385. The number of nitrogens with one attached hydrogen (secondary N) is 1. The average Bonchev–Trinajstić information content (AvgIpc) is 2.91. The first-order valence-corrected chi connectivity index (χ1v) is 7.08. The lowest BCUT2D eigenvalue weighted by Crippen LogP contribution is -2.26. The van der Waals surface area contributed by atoms with Gasteiger partial charge in [0.15, 0.2) is 0 Å². The lowest BCUT2D eigenvalue weighted by Gasteiger charge is -2.05. The molecule has 0 unspecified atom stereocenters. The monoisotopic (exact) mass is 310 g/mol. The highest BCUT2D eigenvalue weighted by Gasteiger charge is 2.20. The Morgan fingerprint density at radius 1 is 1.40 bits per heavy atom. The molecule has 0 fully saturated rings. The second-order valence-corrected chi connectivity index (χ2v) is 5.47. The third-order valence-electron chi connectivity index (χ3n) is 2.64. The first kappa shape index (κ1) is 14.5. The molecule has 1 heterocycles. The van der Waals surface area contributed by atoms with Crippen molar-refractivity contribution in [3.05, 3.63) is 61.3 Å². The van der Waals surface area contributed by atoms with Crippen molar-refractivity contribution < 1.29 is 9.72 Å².